The third-order valence-electron chi connectivity index (χ3n) is 13.3. The van der Waals surface area contributed by atoms with Gasteiger partial charge in [0.2, 0.25) is 0 Å². The fourth-order valence-corrected chi connectivity index (χ4v) is 9.99. The minimum absolute atomic E-state index is 0.555. The Balaban J connectivity index is 1.11. The van der Waals surface area contributed by atoms with E-state index in [4.69, 9.17) is 29.9 Å². The first-order chi connectivity index (χ1) is 36.2. The highest BCUT2D eigenvalue weighted by atomic mass is 15.0. The molecule has 0 aliphatic heterocycles. The number of hydrogen-bond acceptors (Lipinski definition) is 6. The van der Waals surface area contributed by atoms with E-state index in [1.165, 1.54) is 10.8 Å². The predicted molar refractivity (Wildman–Crippen MR) is 296 cm³/mol. The second kappa shape index (κ2) is 18.7. The van der Waals surface area contributed by atoms with Gasteiger partial charge < -0.3 is 4.57 Å². The molecule has 0 atom stereocenters. The van der Waals surface area contributed by atoms with E-state index in [1.807, 2.05) is 121 Å². The fourth-order valence-electron chi connectivity index (χ4n) is 9.99. The Morgan fingerprint density at radius 1 is 0.219 bits per heavy atom. The van der Waals surface area contributed by atoms with Crippen molar-refractivity contribution in [2.24, 2.45) is 0 Å². The first-order valence-corrected chi connectivity index (χ1v) is 24.4. The van der Waals surface area contributed by atoms with Crippen LogP contribution in [0.15, 0.2) is 261 Å². The van der Waals surface area contributed by atoms with E-state index in [0.717, 1.165) is 83.5 Å². The molecule has 0 amide bonds. The van der Waals surface area contributed by atoms with Gasteiger partial charge in [0.15, 0.2) is 34.9 Å². The van der Waals surface area contributed by atoms with Crippen LogP contribution in [-0.2, 0) is 0 Å². The highest BCUT2D eigenvalue weighted by Gasteiger charge is 2.25. The van der Waals surface area contributed by atoms with Gasteiger partial charge in [-0.3, -0.25) is 0 Å². The molecular formula is C66H43N7. The van der Waals surface area contributed by atoms with Crippen LogP contribution in [0.4, 0.5) is 0 Å². The number of benzene rings is 10. The number of hydrogen-bond donors (Lipinski definition) is 0. The molecule has 13 rings (SSSR count). The van der Waals surface area contributed by atoms with Crippen molar-refractivity contribution in [3.05, 3.63) is 261 Å². The van der Waals surface area contributed by atoms with E-state index >= 15 is 0 Å². The molecule has 0 spiro atoms. The lowest BCUT2D eigenvalue weighted by Crippen LogP contribution is -2.03. The van der Waals surface area contributed by atoms with Gasteiger partial charge in [-0.2, -0.15) is 0 Å². The van der Waals surface area contributed by atoms with Gasteiger partial charge in [-0.25, -0.2) is 29.9 Å². The summed E-state index contributed by atoms with van der Waals surface area (Å²) in [7, 11) is 0. The summed E-state index contributed by atoms with van der Waals surface area (Å²) >= 11 is 0. The van der Waals surface area contributed by atoms with E-state index in [9.17, 15) is 0 Å². The maximum Gasteiger partial charge on any atom is 0.164 e. The zero-order valence-corrected chi connectivity index (χ0v) is 39.5. The van der Waals surface area contributed by atoms with Crippen LogP contribution >= 0.6 is 0 Å². The van der Waals surface area contributed by atoms with E-state index in [1.54, 1.807) is 0 Å². The summed E-state index contributed by atoms with van der Waals surface area (Å²) in [5, 5.41) is 2.40. The molecule has 0 radical (unpaired) electrons. The molecule has 0 unspecified atom stereocenters. The molecule has 3 heterocycles. The molecule has 7 nitrogen and oxygen atoms in total. The number of fused-ring (bicyclic) bond motifs is 3. The number of nitrogens with zero attached hydrogens (tertiary/aromatic N) is 7. The Labute approximate surface area is 422 Å². The molecule has 73 heavy (non-hydrogen) atoms. The van der Waals surface area contributed by atoms with Crippen molar-refractivity contribution >= 4 is 21.8 Å². The molecule has 0 bridgehead atoms. The molecule has 13 aromatic rings. The first-order valence-electron chi connectivity index (χ1n) is 24.4. The highest BCUT2D eigenvalue weighted by molar-refractivity contribution is 6.09. The Kier molecular flexibility index (Phi) is 11.1. The van der Waals surface area contributed by atoms with Crippen molar-refractivity contribution in [2.45, 2.75) is 0 Å². The second-order valence-electron chi connectivity index (χ2n) is 17.8. The number of para-hydroxylation sites is 2. The molecule has 7 heteroatoms. The quantitative estimate of drug-likeness (QED) is 0.136. The van der Waals surface area contributed by atoms with Gasteiger partial charge in [0, 0.05) is 55.4 Å². The largest absolute Gasteiger partial charge is 0.309 e. The maximum atomic E-state index is 5.36. The summed E-state index contributed by atoms with van der Waals surface area (Å²) in [6.07, 6.45) is 0. The lowest BCUT2D eigenvalue weighted by Gasteiger charge is -2.22. The number of aromatic nitrogens is 7. The van der Waals surface area contributed by atoms with Gasteiger partial charge in [-0.1, -0.05) is 231 Å². The van der Waals surface area contributed by atoms with Crippen LogP contribution in [0, 0.1) is 0 Å². The van der Waals surface area contributed by atoms with E-state index in [0.29, 0.717) is 34.9 Å². The Morgan fingerprint density at radius 2 is 0.562 bits per heavy atom. The molecule has 3 aromatic heterocycles. The Morgan fingerprint density at radius 3 is 1.04 bits per heavy atom. The average molecular weight is 934 g/mol. The van der Waals surface area contributed by atoms with Crippen LogP contribution < -0.4 is 0 Å². The zero-order chi connectivity index (χ0) is 48.5. The van der Waals surface area contributed by atoms with Gasteiger partial charge in [0.05, 0.1) is 11.0 Å². The Bertz CT molecular complexity index is 3950. The summed E-state index contributed by atoms with van der Waals surface area (Å²) in [6, 6.07) is 90.1. The van der Waals surface area contributed by atoms with Gasteiger partial charge >= 0.3 is 0 Å². The van der Waals surface area contributed by atoms with E-state index in [2.05, 4.69) is 144 Å². The predicted octanol–water partition coefficient (Wildman–Crippen LogP) is 16.2. The number of rotatable bonds is 10. The molecular weight excluding hydrogens is 891 g/mol. The van der Waals surface area contributed by atoms with Crippen LogP contribution in [0.25, 0.3) is 129 Å². The Hall–Kier alpha value is -9.98. The lowest BCUT2D eigenvalue weighted by atomic mass is 9.83. The van der Waals surface area contributed by atoms with Crippen LogP contribution in [0.1, 0.15) is 0 Å². The minimum atomic E-state index is 0.555. The van der Waals surface area contributed by atoms with E-state index in [-0.39, 0.29) is 0 Å². The average Bonchev–Trinajstić information content (AvgIpc) is 3.82. The summed E-state index contributed by atoms with van der Waals surface area (Å²) in [4.78, 5) is 31.4. The molecule has 342 valence electrons. The van der Waals surface area contributed by atoms with Crippen LogP contribution in [0.5, 0.6) is 0 Å². The van der Waals surface area contributed by atoms with E-state index < -0.39 is 0 Å². The smallest absolute Gasteiger partial charge is 0.164 e. The highest BCUT2D eigenvalue weighted by Crippen LogP contribution is 2.48. The summed E-state index contributed by atoms with van der Waals surface area (Å²) < 4.78 is 2.37. The van der Waals surface area contributed by atoms with Crippen LogP contribution in [0.2, 0.25) is 0 Å². The summed E-state index contributed by atoms with van der Waals surface area (Å²) in [5.41, 5.74) is 14.6. The molecule has 0 aliphatic rings. The van der Waals surface area contributed by atoms with Crippen LogP contribution in [0.3, 0.4) is 0 Å². The van der Waals surface area contributed by atoms with Crippen molar-refractivity contribution in [3.63, 3.8) is 0 Å². The van der Waals surface area contributed by atoms with Crippen molar-refractivity contribution in [3.8, 4) is 107 Å². The van der Waals surface area contributed by atoms with Gasteiger partial charge in [0.25, 0.3) is 0 Å². The maximum absolute atomic E-state index is 5.36. The molecule has 10 aromatic carbocycles. The first kappa shape index (κ1) is 43.1. The van der Waals surface area contributed by atoms with Crippen molar-refractivity contribution < 1.29 is 0 Å². The zero-order valence-electron chi connectivity index (χ0n) is 39.5. The molecule has 0 saturated heterocycles. The standard InChI is InChI=1S/C66H43N7/c1-6-23-44(24-7-1)59-54(51-35-16-17-38-55(51)65-69-61(45-25-8-2-9-26-45)67-62(70-65)46-27-10-3-11-28-46)41-42-56(66-71-63(47-29-12-4-13-30-47)68-64(72-66)48-31-14-5-15-32-48)60(59)49-33-22-34-50(43-49)73-57-39-20-18-36-52(57)53-37-19-21-40-58(53)73/h1-43H. The van der Waals surface area contributed by atoms with Crippen molar-refractivity contribution in [1.82, 2.24) is 34.5 Å². The molecule has 0 N–H and O–H groups in total. The lowest BCUT2D eigenvalue weighted by molar-refractivity contribution is 1.07. The molecule has 0 fully saturated rings. The molecule has 0 saturated carbocycles. The third kappa shape index (κ3) is 8.11. The third-order valence-corrected chi connectivity index (χ3v) is 13.3. The van der Waals surface area contributed by atoms with Gasteiger partial charge in [-0.05, 0) is 58.1 Å². The SMILES string of the molecule is c1ccc(-c2nc(-c3ccccc3)nc(-c3ccccc3-c3ccc(-c4nc(-c5ccccc5)nc(-c5ccccc5)n4)c(-c4cccc(-n5c6ccccc6c6ccccc65)c4)c3-c3ccccc3)n2)cc1. The summed E-state index contributed by atoms with van der Waals surface area (Å²) in [5.74, 6) is 3.49. The second-order valence-corrected chi connectivity index (χ2v) is 17.8. The van der Waals surface area contributed by atoms with Crippen LogP contribution in [-0.4, -0.2) is 34.5 Å². The van der Waals surface area contributed by atoms with Crippen molar-refractivity contribution in [1.29, 1.82) is 0 Å². The monoisotopic (exact) mass is 933 g/mol. The fraction of sp³-hybridized carbons (Fsp3) is 0. The normalized spacial score (nSPS) is 11.3. The van der Waals surface area contributed by atoms with Crippen molar-refractivity contribution in [2.75, 3.05) is 0 Å². The minimum Gasteiger partial charge on any atom is -0.309 e. The summed E-state index contributed by atoms with van der Waals surface area (Å²) in [6.45, 7) is 0. The topological polar surface area (TPSA) is 82.3 Å². The van der Waals surface area contributed by atoms with Gasteiger partial charge in [-0.15, -0.1) is 0 Å². The van der Waals surface area contributed by atoms with Gasteiger partial charge in [0.1, 0.15) is 0 Å². The molecule has 0 aliphatic carbocycles.